The summed E-state index contributed by atoms with van der Waals surface area (Å²) in [6.07, 6.45) is 3.32. The number of carbonyl (C=O) groups is 2. The van der Waals surface area contributed by atoms with Crippen molar-refractivity contribution in [3.05, 3.63) is 65.0 Å². The van der Waals surface area contributed by atoms with E-state index in [4.69, 9.17) is 0 Å². The molecule has 0 N–H and O–H groups in total. The van der Waals surface area contributed by atoms with Gasteiger partial charge in [0.05, 0.1) is 18.7 Å². The number of amides is 1. The summed E-state index contributed by atoms with van der Waals surface area (Å²) in [5, 5.41) is 0. The number of hydrogen-bond donors (Lipinski definition) is 0. The van der Waals surface area contributed by atoms with Crippen LogP contribution in [0.4, 0.5) is 0 Å². The number of benzene rings is 1. The van der Waals surface area contributed by atoms with E-state index in [1.54, 1.807) is 12.1 Å². The molecule has 24 heavy (non-hydrogen) atoms. The van der Waals surface area contributed by atoms with Gasteiger partial charge in [0.1, 0.15) is 5.69 Å². The molecule has 124 valence electrons. The molecule has 1 aliphatic rings. The zero-order valence-corrected chi connectivity index (χ0v) is 13.9. The first kappa shape index (κ1) is 16.2. The van der Waals surface area contributed by atoms with E-state index in [-0.39, 0.29) is 11.9 Å². The number of likely N-dealkylation sites (tertiary alicyclic amines) is 1. The zero-order valence-electron chi connectivity index (χ0n) is 13.9. The van der Waals surface area contributed by atoms with Crippen LogP contribution in [0, 0.1) is 6.92 Å². The lowest BCUT2D eigenvalue weighted by atomic mass is 10.0. The van der Waals surface area contributed by atoms with Gasteiger partial charge in [0.2, 0.25) is 0 Å². The molecule has 5 nitrogen and oxygen atoms in total. The van der Waals surface area contributed by atoms with Gasteiger partial charge in [-0.3, -0.25) is 9.78 Å². The Bertz CT molecular complexity index is 738. The van der Waals surface area contributed by atoms with Crippen LogP contribution in [-0.4, -0.2) is 35.4 Å². The Balaban J connectivity index is 1.80. The molecule has 0 radical (unpaired) electrons. The molecule has 1 aromatic carbocycles. The Hall–Kier alpha value is -2.69. The Labute approximate surface area is 141 Å². The minimum absolute atomic E-state index is 0.0835. The summed E-state index contributed by atoms with van der Waals surface area (Å²) in [7, 11) is 1.32. The summed E-state index contributed by atoms with van der Waals surface area (Å²) < 4.78 is 4.65. The van der Waals surface area contributed by atoms with E-state index in [9.17, 15) is 9.59 Å². The number of carbonyl (C=O) groups excluding carboxylic acids is 2. The number of nitrogens with zero attached hydrogens (tertiary/aromatic N) is 2. The number of aromatic nitrogens is 1. The second kappa shape index (κ2) is 6.83. The minimum atomic E-state index is -0.458. The summed E-state index contributed by atoms with van der Waals surface area (Å²) in [5.41, 5.74) is 3.04. The highest BCUT2D eigenvalue weighted by molar-refractivity contribution is 5.94. The number of hydrogen-bond acceptors (Lipinski definition) is 4. The van der Waals surface area contributed by atoms with E-state index < -0.39 is 5.97 Å². The van der Waals surface area contributed by atoms with E-state index in [1.165, 1.54) is 18.9 Å². The zero-order chi connectivity index (χ0) is 17.1. The van der Waals surface area contributed by atoms with Gasteiger partial charge in [-0.25, -0.2) is 4.79 Å². The van der Waals surface area contributed by atoms with Gasteiger partial charge >= 0.3 is 5.97 Å². The van der Waals surface area contributed by atoms with E-state index in [1.807, 2.05) is 11.8 Å². The third-order valence-electron chi connectivity index (χ3n) is 4.38. The van der Waals surface area contributed by atoms with E-state index in [0.29, 0.717) is 11.3 Å². The molecule has 2 heterocycles. The van der Waals surface area contributed by atoms with Crippen molar-refractivity contribution in [2.75, 3.05) is 13.7 Å². The monoisotopic (exact) mass is 324 g/mol. The maximum absolute atomic E-state index is 12.8. The average molecular weight is 324 g/mol. The van der Waals surface area contributed by atoms with Crippen molar-refractivity contribution in [1.82, 2.24) is 9.88 Å². The van der Waals surface area contributed by atoms with Crippen molar-refractivity contribution >= 4 is 11.9 Å². The number of aryl methyl sites for hydroxylation is 1. The Morgan fingerprint density at radius 1 is 1.17 bits per heavy atom. The molecular formula is C19H20N2O3. The molecule has 1 fully saturated rings. The molecule has 1 aromatic heterocycles. The van der Waals surface area contributed by atoms with E-state index in [0.717, 1.165) is 24.9 Å². The quantitative estimate of drug-likeness (QED) is 0.814. The smallest absolute Gasteiger partial charge is 0.339 e. The molecule has 1 atom stereocenters. The highest BCUT2D eigenvalue weighted by Gasteiger charge is 2.31. The molecular weight excluding hydrogens is 304 g/mol. The van der Waals surface area contributed by atoms with Gasteiger partial charge in [-0.15, -0.1) is 0 Å². The average Bonchev–Trinajstić information content (AvgIpc) is 3.11. The van der Waals surface area contributed by atoms with Crippen LogP contribution in [0.1, 0.15) is 50.9 Å². The molecule has 0 aliphatic carbocycles. The van der Waals surface area contributed by atoms with Crippen molar-refractivity contribution in [1.29, 1.82) is 0 Å². The maximum Gasteiger partial charge on any atom is 0.339 e. The summed E-state index contributed by atoms with van der Waals surface area (Å²) in [5.74, 6) is -0.560. The number of rotatable bonds is 3. The summed E-state index contributed by atoms with van der Waals surface area (Å²) in [4.78, 5) is 30.3. The van der Waals surface area contributed by atoms with Gasteiger partial charge in [-0.2, -0.15) is 0 Å². The summed E-state index contributed by atoms with van der Waals surface area (Å²) in [6, 6.07) is 11.5. The van der Waals surface area contributed by atoms with Crippen LogP contribution in [0.15, 0.2) is 42.6 Å². The fourth-order valence-electron chi connectivity index (χ4n) is 3.05. The number of methoxy groups -OCH3 is 1. The molecule has 0 bridgehead atoms. The van der Waals surface area contributed by atoms with E-state index >= 15 is 0 Å². The molecule has 2 aromatic rings. The standard InChI is InChI=1S/C19H20N2O3/c1-13-5-7-14(8-6-13)17-4-3-11-21(17)18(22)16-10-9-15(12-20-16)19(23)24-2/h5-10,12,17H,3-4,11H2,1-2H3. The fraction of sp³-hybridized carbons (Fsp3) is 0.316. The van der Waals surface area contributed by atoms with Gasteiger partial charge in [0.15, 0.2) is 0 Å². The van der Waals surface area contributed by atoms with Crippen molar-refractivity contribution in [2.24, 2.45) is 0 Å². The SMILES string of the molecule is COC(=O)c1ccc(C(=O)N2CCCC2c2ccc(C)cc2)nc1. The second-order valence-corrected chi connectivity index (χ2v) is 5.99. The maximum atomic E-state index is 12.8. The predicted octanol–water partition coefficient (Wildman–Crippen LogP) is 3.15. The third kappa shape index (κ3) is 3.15. The van der Waals surface area contributed by atoms with Gasteiger partial charge in [-0.1, -0.05) is 29.8 Å². The van der Waals surface area contributed by atoms with Crippen LogP contribution in [0.5, 0.6) is 0 Å². The number of esters is 1. The second-order valence-electron chi connectivity index (χ2n) is 5.99. The summed E-state index contributed by atoms with van der Waals surface area (Å²) in [6.45, 7) is 2.77. The highest BCUT2D eigenvalue weighted by atomic mass is 16.5. The number of pyridine rings is 1. The van der Waals surface area contributed by atoms with Crippen LogP contribution >= 0.6 is 0 Å². The highest BCUT2D eigenvalue weighted by Crippen LogP contribution is 2.33. The Morgan fingerprint density at radius 3 is 2.54 bits per heavy atom. The molecule has 0 saturated carbocycles. The lowest BCUT2D eigenvalue weighted by Gasteiger charge is -2.25. The molecule has 1 saturated heterocycles. The molecule has 3 rings (SSSR count). The first-order valence-electron chi connectivity index (χ1n) is 8.02. The van der Waals surface area contributed by atoms with Crippen LogP contribution in [0.25, 0.3) is 0 Å². The predicted molar refractivity (Wildman–Crippen MR) is 89.8 cm³/mol. The van der Waals surface area contributed by atoms with Gasteiger partial charge in [0.25, 0.3) is 5.91 Å². The van der Waals surface area contributed by atoms with Crippen LogP contribution in [0.3, 0.4) is 0 Å². The molecule has 1 amide bonds. The van der Waals surface area contributed by atoms with Crippen molar-refractivity contribution in [3.8, 4) is 0 Å². The molecule has 1 unspecified atom stereocenters. The fourth-order valence-corrected chi connectivity index (χ4v) is 3.05. The molecule has 1 aliphatic heterocycles. The normalized spacial score (nSPS) is 16.9. The van der Waals surface area contributed by atoms with E-state index in [2.05, 4.69) is 34.0 Å². The summed E-state index contributed by atoms with van der Waals surface area (Å²) >= 11 is 0. The van der Waals surface area contributed by atoms with Crippen LogP contribution in [0.2, 0.25) is 0 Å². The van der Waals surface area contributed by atoms with Crippen LogP contribution < -0.4 is 0 Å². The van der Waals surface area contributed by atoms with Gasteiger partial charge in [-0.05, 0) is 37.5 Å². The third-order valence-corrected chi connectivity index (χ3v) is 4.38. The largest absolute Gasteiger partial charge is 0.465 e. The molecule has 5 heteroatoms. The lowest BCUT2D eigenvalue weighted by molar-refractivity contribution is 0.0598. The molecule has 0 spiro atoms. The van der Waals surface area contributed by atoms with Crippen molar-refractivity contribution in [2.45, 2.75) is 25.8 Å². The number of ether oxygens (including phenoxy) is 1. The van der Waals surface area contributed by atoms with Crippen molar-refractivity contribution < 1.29 is 14.3 Å². The minimum Gasteiger partial charge on any atom is -0.465 e. The Kier molecular flexibility index (Phi) is 4.60. The topological polar surface area (TPSA) is 59.5 Å². The van der Waals surface area contributed by atoms with Gasteiger partial charge in [0, 0.05) is 12.7 Å². The van der Waals surface area contributed by atoms with Crippen LogP contribution in [-0.2, 0) is 4.74 Å². The lowest BCUT2D eigenvalue weighted by Crippen LogP contribution is -2.31. The van der Waals surface area contributed by atoms with Crippen molar-refractivity contribution in [3.63, 3.8) is 0 Å². The first-order chi connectivity index (χ1) is 11.6. The first-order valence-corrected chi connectivity index (χ1v) is 8.02. The van der Waals surface area contributed by atoms with Gasteiger partial charge < -0.3 is 9.64 Å². The Morgan fingerprint density at radius 2 is 1.92 bits per heavy atom.